The number of methoxy groups -OCH3 is 1. The molecular formula is C17H18N2O3S. The number of ether oxygens (including phenoxy) is 1. The molecule has 2 aromatic carbocycles. The molecule has 0 radical (unpaired) electrons. The molecule has 0 aliphatic heterocycles. The predicted octanol–water partition coefficient (Wildman–Crippen LogP) is 3.59. The van der Waals surface area contributed by atoms with Crippen molar-refractivity contribution in [2.45, 2.75) is 18.7 Å². The zero-order valence-electron chi connectivity index (χ0n) is 13.2. The predicted molar refractivity (Wildman–Crippen MR) is 91.6 cm³/mol. The normalized spacial score (nSPS) is 11.6. The Hall–Kier alpha value is -2.47. The van der Waals surface area contributed by atoms with Crippen LogP contribution in [0.4, 0.5) is 5.69 Å². The zero-order valence-corrected chi connectivity index (χ0v) is 14.0. The number of hydrogen-bond donors (Lipinski definition) is 2. The van der Waals surface area contributed by atoms with E-state index in [0.29, 0.717) is 22.6 Å². The van der Waals surface area contributed by atoms with Gasteiger partial charge < -0.3 is 9.72 Å². The third-order valence-corrected chi connectivity index (χ3v) is 5.45. The zero-order chi connectivity index (χ0) is 16.6. The van der Waals surface area contributed by atoms with Crippen LogP contribution in [0.1, 0.15) is 11.1 Å². The van der Waals surface area contributed by atoms with Crippen LogP contribution in [0.2, 0.25) is 0 Å². The van der Waals surface area contributed by atoms with Crippen LogP contribution >= 0.6 is 0 Å². The summed E-state index contributed by atoms with van der Waals surface area (Å²) in [7, 11) is -2.13. The summed E-state index contributed by atoms with van der Waals surface area (Å²) in [6, 6.07) is 10.8. The summed E-state index contributed by atoms with van der Waals surface area (Å²) in [6.07, 6.45) is 1.78. The quantitative estimate of drug-likeness (QED) is 0.768. The lowest BCUT2D eigenvalue weighted by Crippen LogP contribution is -2.16. The van der Waals surface area contributed by atoms with Crippen molar-refractivity contribution in [3.05, 3.63) is 53.7 Å². The number of sulfonamides is 1. The summed E-state index contributed by atoms with van der Waals surface area (Å²) in [5.41, 5.74) is 2.73. The minimum absolute atomic E-state index is 0.283. The van der Waals surface area contributed by atoms with Gasteiger partial charge in [-0.15, -0.1) is 0 Å². The van der Waals surface area contributed by atoms with Gasteiger partial charge in [0.1, 0.15) is 5.75 Å². The molecule has 23 heavy (non-hydrogen) atoms. The molecule has 6 heteroatoms. The molecule has 0 saturated heterocycles. The number of aromatic nitrogens is 1. The number of hydrogen-bond acceptors (Lipinski definition) is 3. The maximum Gasteiger partial charge on any atom is 0.262 e. The third kappa shape index (κ3) is 2.77. The van der Waals surface area contributed by atoms with Crippen LogP contribution in [0.25, 0.3) is 10.9 Å². The molecule has 1 heterocycles. The molecule has 120 valence electrons. The number of aryl methyl sites for hydroxylation is 2. The summed E-state index contributed by atoms with van der Waals surface area (Å²) >= 11 is 0. The highest BCUT2D eigenvalue weighted by Crippen LogP contribution is 2.29. The average molecular weight is 330 g/mol. The Bertz CT molecular complexity index is 951. The van der Waals surface area contributed by atoms with Gasteiger partial charge in [0.25, 0.3) is 10.0 Å². The van der Waals surface area contributed by atoms with Gasteiger partial charge in [-0.05, 0) is 55.3 Å². The second-order valence-electron chi connectivity index (χ2n) is 5.44. The molecule has 0 spiro atoms. The van der Waals surface area contributed by atoms with E-state index in [-0.39, 0.29) is 4.90 Å². The molecule has 2 N–H and O–H groups in total. The van der Waals surface area contributed by atoms with Crippen molar-refractivity contribution in [3.8, 4) is 5.75 Å². The fourth-order valence-corrected chi connectivity index (χ4v) is 4.36. The molecule has 1 aromatic heterocycles. The fraction of sp³-hybridized carbons (Fsp3) is 0.176. The van der Waals surface area contributed by atoms with Crippen LogP contribution < -0.4 is 9.46 Å². The van der Waals surface area contributed by atoms with E-state index < -0.39 is 10.0 Å². The van der Waals surface area contributed by atoms with E-state index in [0.717, 1.165) is 10.9 Å². The topological polar surface area (TPSA) is 71.2 Å². The molecule has 0 aliphatic carbocycles. The first-order chi connectivity index (χ1) is 10.9. The van der Waals surface area contributed by atoms with Crippen LogP contribution in [0.15, 0.2) is 47.5 Å². The number of nitrogens with one attached hydrogen (secondary N) is 2. The van der Waals surface area contributed by atoms with E-state index in [9.17, 15) is 8.42 Å². The maximum absolute atomic E-state index is 12.8. The first-order valence-electron chi connectivity index (χ1n) is 7.16. The van der Waals surface area contributed by atoms with Gasteiger partial charge in [0.2, 0.25) is 0 Å². The summed E-state index contributed by atoms with van der Waals surface area (Å²) in [6.45, 7) is 3.53. The molecule has 0 bridgehead atoms. The number of aromatic amines is 1. The van der Waals surface area contributed by atoms with Crippen molar-refractivity contribution < 1.29 is 13.2 Å². The van der Waals surface area contributed by atoms with Gasteiger partial charge in [0.05, 0.1) is 17.7 Å². The Morgan fingerprint density at radius 2 is 1.78 bits per heavy atom. The molecule has 5 nitrogen and oxygen atoms in total. The SMILES string of the molecule is COc1cc(C)c(S(=O)(=O)Nc2cccc3[nH]ccc23)c(C)c1. The van der Waals surface area contributed by atoms with Crippen LogP contribution in [0.3, 0.4) is 0 Å². The summed E-state index contributed by atoms with van der Waals surface area (Å²) in [5.74, 6) is 0.645. The first kappa shape index (κ1) is 15.4. The highest BCUT2D eigenvalue weighted by atomic mass is 32.2. The lowest BCUT2D eigenvalue weighted by molar-refractivity contribution is 0.413. The number of H-pyrrole nitrogens is 1. The van der Waals surface area contributed by atoms with Gasteiger partial charge in [-0.2, -0.15) is 0 Å². The fourth-order valence-electron chi connectivity index (χ4n) is 2.82. The van der Waals surface area contributed by atoms with Crippen molar-refractivity contribution >= 4 is 26.6 Å². The van der Waals surface area contributed by atoms with Gasteiger partial charge in [0.15, 0.2) is 0 Å². The molecule has 0 amide bonds. The van der Waals surface area contributed by atoms with Crippen LogP contribution in [0.5, 0.6) is 5.75 Å². The van der Waals surface area contributed by atoms with Crippen molar-refractivity contribution in [1.29, 1.82) is 0 Å². The Labute approximate surface area is 135 Å². The molecule has 0 fully saturated rings. The number of fused-ring (bicyclic) bond motifs is 1. The van der Waals surface area contributed by atoms with E-state index in [1.54, 1.807) is 45.4 Å². The molecule has 0 atom stereocenters. The Balaban J connectivity index is 2.08. The van der Waals surface area contributed by atoms with Gasteiger partial charge in [-0.1, -0.05) is 6.07 Å². The molecule has 3 rings (SSSR count). The molecule has 3 aromatic rings. The van der Waals surface area contributed by atoms with Crippen molar-refractivity contribution in [1.82, 2.24) is 4.98 Å². The highest BCUT2D eigenvalue weighted by molar-refractivity contribution is 7.92. The second-order valence-corrected chi connectivity index (χ2v) is 7.06. The number of benzene rings is 2. The molecule has 0 aliphatic rings. The standard InChI is InChI=1S/C17H18N2O3S/c1-11-9-13(22-3)10-12(2)17(11)23(20,21)19-16-6-4-5-15-14(16)7-8-18-15/h4-10,18-19H,1-3H3. The van der Waals surface area contributed by atoms with Gasteiger partial charge in [-0.3, -0.25) is 4.72 Å². The van der Waals surface area contributed by atoms with E-state index >= 15 is 0 Å². The lowest BCUT2D eigenvalue weighted by Gasteiger charge is -2.15. The van der Waals surface area contributed by atoms with Gasteiger partial charge >= 0.3 is 0 Å². The largest absolute Gasteiger partial charge is 0.497 e. The molecule has 0 saturated carbocycles. The molecular weight excluding hydrogens is 312 g/mol. The Kier molecular flexibility index (Phi) is 3.77. The third-order valence-electron chi connectivity index (χ3n) is 3.78. The Morgan fingerprint density at radius 3 is 2.43 bits per heavy atom. The average Bonchev–Trinajstić information content (AvgIpc) is 2.95. The summed E-state index contributed by atoms with van der Waals surface area (Å²) in [4.78, 5) is 3.36. The smallest absolute Gasteiger partial charge is 0.262 e. The minimum atomic E-state index is -3.69. The highest BCUT2D eigenvalue weighted by Gasteiger charge is 2.21. The maximum atomic E-state index is 12.8. The number of rotatable bonds is 4. The van der Waals surface area contributed by atoms with Gasteiger partial charge in [0, 0.05) is 17.1 Å². The second kappa shape index (κ2) is 5.62. The minimum Gasteiger partial charge on any atom is -0.497 e. The summed E-state index contributed by atoms with van der Waals surface area (Å²) < 4.78 is 33.6. The van der Waals surface area contributed by atoms with E-state index in [4.69, 9.17) is 4.74 Å². The van der Waals surface area contributed by atoms with Crippen LogP contribution in [0, 0.1) is 13.8 Å². The van der Waals surface area contributed by atoms with E-state index in [1.807, 2.05) is 18.2 Å². The van der Waals surface area contributed by atoms with Crippen molar-refractivity contribution in [2.75, 3.05) is 11.8 Å². The monoisotopic (exact) mass is 330 g/mol. The van der Waals surface area contributed by atoms with Gasteiger partial charge in [-0.25, -0.2) is 8.42 Å². The van der Waals surface area contributed by atoms with Crippen LogP contribution in [-0.4, -0.2) is 20.5 Å². The van der Waals surface area contributed by atoms with Crippen LogP contribution in [-0.2, 0) is 10.0 Å². The van der Waals surface area contributed by atoms with Crippen molar-refractivity contribution in [3.63, 3.8) is 0 Å². The van der Waals surface area contributed by atoms with E-state index in [1.165, 1.54) is 0 Å². The van der Waals surface area contributed by atoms with Crippen molar-refractivity contribution in [2.24, 2.45) is 0 Å². The Morgan fingerprint density at radius 1 is 1.09 bits per heavy atom. The summed E-state index contributed by atoms with van der Waals surface area (Å²) in [5, 5.41) is 0.833. The first-order valence-corrected chi connectivity index (χ1v) is 8.65. The number of anilines is 1. The lowest BCUT2D eigenvalue weighted by atomic mass is 10.1. The molecule has 0 unspecified atom stereocenters. The van der Waals surface area contributed by atoms with E-state index in [2.05, 4.69) is 9.71 Å².